The molecule has 0 bridgehead atoms. The molecule has 0 spiro atoms. The number of aryl methyl sites for hydroxylation is 1. The van der Waals surface area contributed by atoms with Crippen LogP contribution in [0, 0.1) is 6.92 Å². The van der Waals surface area contributed by atoms with Gasteiger partial charge in [0.05, 0.1) is 0 Å². The van der Waals surface area contributed by atoms with E-state index in [2.05, 4.69) is 56.5 Å². The summed E-state index contributed by atoms with van der Waals surface area (Å²) in [6, 6.07) is 8.43. The lowest BCUT2D eigenvalue weighted by Gasteiger charge is -2.22. The van der Waals surface area contributed by atoms with Gasteiger partial charge in [-0.05, 0) is 31.9 Å². The Morgan fingerprint density at radius 1 is 1.43 bits per heavy atom. The summed E-state index contributed by atoms with van der Waals surface area (Å²) in [5.74, 6) is 2.03. The Bertz CT molecular complexity index is 649. The first-order chi connectivity index (χ1) is 10.3. The van der Waals surface area contributed by atoms with Crippen molar-refractivity contribution in [2.24, 2.45) is 4.99 Å². The summed E-state index contributed by atoms with van der Waals surface area (Å²) in [4.78, 5) is 11.0. The third-order valence-corrected chi connectivity index (χ3v) is 3.41. The molecule has 0 radical (unpaired) electrons. The van der Waals surface area contributed by atoms with Crippen molar-refractivity contribution in [3.05, 3.63) is 41.5 Å². The van der Waals surface area contributed by atoms with Crippen LogP contribution < -0.4 is 10.2 Å². The van der Waals surface area contributed by atoms with Gasteiger partial charge in [0, 0.05) is 18.8 Å². The fraction of sp³-hybridized carbons (Fsp3) is 0.400. The maximum atomic E-state index is 5.11. The number of aromatic nitrogens is 2. The number of nitrogens with zero attached hydrogens (tertiary/aromatic N) is 4. The van der Waals surface area contributed by atoms with Crippen molar-refractivity contribution in [3.63, 3.8) is 0 Å². The van der Waals surface area contributed by atoms with Gasteiger partial charge in [-0.3, -0.25) is 0 Å². The fourth-order valence-electron chi connectivity index (χ4n) is 2.50. The number of hydrogen-bond donors (Lipinski definition) is 1. The predicted octanol–water partition coefficient (Wildman–Crippen LogP) is 1.91. The third-order valence-electron chi connectivity index (χ3n) is 3.41. The Morgan fingerprint density at radius 3 is 3.05 bits per heavy atom. The minimum Gasteiger partial charge on any atom is -0.356 e. The summed E-state index contributed by atoms with van der Waals surface area (Å²) in [5.41, 5.74) is 2.58. The molecule has 1 aromatic carbocycles. The van der Waals surface area contributed by atoms with Crippen LogP contribution in [-0.4, -0.2) is 29.2 Å². The van der Waals surface area contributed by atoms with E-state index in [-0.39, 0.29) is 0 Å². The molecule has 2 heterocycles. The summed E-state index contributed by atoms with van der Waals surface area (Å²) < 4.78 is 5.11. The zero-order chi connectivity index (χ0) is 14.7. The van der Waals surface area contributed by atoms with Crippen LogP contribution in [0.2, 0.25) is 0 Å². The van der Waals surface area contributed by atoms with Gasteiger partial charge >= 0.3 is 0 Å². The normalized spacial score (nSPS) is 14.4. The van der Waals surface area contributed by atoms with Crippen LogP contribution >= 0.6 is 0 Å². The fourth-order valence-corrected chi connectivity index (χ4v) is 2.50. The molecule has 0 saturated carbocycles. The van der Waals surface area contributed by atoms with Gasteiger partial charge in [0.1, 0.15) is 6.54 Å². The summed E-state index contributed by atoms with van der Waals surface area (Å²) in [7, 11) is 0. The molecular formula is C15H19N5O. The van der Waals surface area contributed by atoms with E-state index < -0.39 is 0 Å². The SMILES string of the molecule is CCNC(=NCc1nc(C)no1)N1CCc2ccccc21. The van der Waals surface area contributed by atoms with Crippen molar-refractivity contribution in [3.8, 4) is 0 Å². The summed E-state index contributed by atoms with van der Waals surface area (Å²) in [5, 5.41) is 7.11. The average Bonchev–Trinajstić information content (AvgIpc) is 3.10. The largest absolute Gasteiger partial charge is 0.356 e. The lowest BCUT2D eigenvalue weighted by molar-refractivity contribution is 0.376. The number of anilines is 1. The van der Waals surface area contributed by atoms with Gasteiger partial charge < -0.3 is 14.7 Å². The molecule has 1 N–H and O–H groups in total. The van der Waals surface area contributed by atoms with E-state index in [9.17, 15) is 0 Å². The van der Waals surface area contributed by atoms with Crippen LogP contribution in [0.5, 0.6) is 0 Å². The van der Waals surface area contributed by atoms with E-state index in [1.165, 1.54) is 11.3 Å². The molecule has 0 saturated heterocycles. The van der Waals surface area contributed by atoms with Crippen LogP contribution in [0.4, 0.5) is 5.69 Å². The highest BCUT2D eigenvalue weighted by Crippen LogP contribution is 2.27. The van der Waals surface area contributed by atoms with Crippen molar-refractivity contribution < 1.29 is 4.52 Å². The molecule has 110 valence electrons. The number of guanidine groups is 1. The summed E-state index contributed by atoms with van der Waals surface area (Å²) in [6.07, 6.45) is 1.04. The molecule has 1 aromatic heterocycles. The highest BCUT2D eigenvalue weighted by Gasteiger charge is 2.22. The van der Waals surface area contributed by atoms with E-state index in [0.717, 1.165) is 25.5 Å². The first-order valence-corrected chi connectivity index (χ1v) is 7.21. The molecular weight excluding hydrogens is 266 g/mol. The second-order valence-electron chi connectivity index (χ2n) is 4.94. The van der Waals surface area contributed by atoms with E-state index in [0.29, 0.717) is 18.3 Å². The third kappa shape index (κ3) is 2.89. The molecule has 6 heteroatoms. The van der Waals surface area contributed by atoms with Crippen molar-refractivity contribution in [2.75, 3.05) is 18.0 Å². The molecule has 3 rings (SSSR count). The Kier molecular flexibility index (Phi) is 3.85. The van der Waals surface area contributed by atoms with Gasteiger partial charge in [-0.25, -0.2) is 4.99 Å². The van der Waals surface area contributed by atoms with Gasteiger partial charge in [0.15, 0.2) is 11.8 Å². The number of rotatable bonds is 3. The average molecular weight is 285 g/mol. The number of benzene rings is 1. The van der Waals surface area contributed by atoms with Gasteiger partial charge in [-0.15, -0.1) is 0 Å². The highest BCUT2D eigenvalue weighted by molar-refractivity contribution is 5.97. The maximum Gasteiger partial charge on any atom is 0.248 e. The Morgan fingerprint density at radius 2 is 2.29 bits per heavy atom. The lowest BCUT2D eigenvalue weighted by Crippen LogP contribution is -2.40. The maximum absolute atomic E-state index is 5.11. The topological polar surface area (TPSA) is 66.5 Å². The van der Waals surface area contributed by atoms with Crippen LogP contribution in [0.3, 0.4) is 0 Å². The van der Waals surface area contributed by atoms with E-state index in [4.69, 9.17) is 4.52 Å². The zero-order valence-corrected chi connectivity index (χ0v) is 12.3. The molecule has 0 amide bonds. The molecule has 21 heavy (non-hydrogen) atoms. The van der Waals surface area contributed by atoms with E-state index in [1.54, 1.807) is 6.92 Å². The number of nitrogens with one attached hydrogen (secondary N) is 1. The minimum atomic E-state index is 0.391. The lowest BCUT2D eigenvalue weighted by atomic mass is 10.2. The molecule has 2 aromatic rings. The van der Waals surface area contributed by atoms with Crippen LogP contribution in [0.15, 0.2) is 33.8 Å². The Hall–Kier alpha value is -2.37. The molecule has 0 fully saturated rings. The zero-order valence-electron chi connectivity index (χ0n) is 12.3. The van der Waals surface area contributed by atoms with Gasteiger partial charge in [-0.1, -0.05) is 23.4 Å². The Balaban J connectivity index is 1.82. The molecule has 0 aliphatic carbocycles. The first-order valence-electron chi connectivity index (χ1n) is 7.21. The van der Waals surface area contributed by atoms with Crippen molar-refractivity contribution >= 4 is 11.6 Å². The van der Waals surface area contributed by atoms with Crippen LogP contribution in [0.1, 0.15) is 24.2 Å². The van der Waals surface area contributed by atoms with Gasteiger partial charge in [0.25, 0.3) is 0 Å². The van der Waals surface area contributed by atoms with E-state index >= 15 is 0 Å². The van der Waals surface area contributed by atoms with Gasteiger partial charge in [-0.2, -0.15) is 4.98 Å². The molecule has 0 atom stereocenters. The molecule has 0 unspecified atom stereocenters. The second kappa shape index (κ2) is 5.95. The van der Waals surface area contributed by atoms with Crippen molar-refractivity contribution in [1.29, 1.82) is 0 Å². The standard InChI is InChI=1S/C15H19N5O/c1-3-16-15(17-10-14-18-11(2)19-21-14)20-9-8-12-6-4-5-7-13(12)20/h4-7H,3,8-10H2,1-2H3,(H,16,17). The highest BCUT2D eigenvalue weighted by atomic mass is 16.5. The van der Waals surface area contributed by atoms with Crippen molar-refractivity contribution in [1.82, 2.24) is 15.5 Å². The monoisotopic (exact) mass is 285 g/mol. The quantitative estimate of drug-likeness (QED) is 0.689. The van der Waals surface area contributed by atoms with Crippen molar-refractivity contribution in [2.45, 2.75) is 26.8 Å². The molecule has 6 nitrogen and oxygen atoms in total. The van der Waals surface area contributed by atoms with Crippen LogP contribution in [0.25, 0.3) is 0 Å². The first kappa shape index (κ1) is 13.6. The molecule has 1 aliphatic rings. The number of fused-ring (bicyclic) bond motifs is 1. The summed E-state index contributed by atoms with van der Waals surface area (Å²) >= 11 is 0. The number of hydrogen-bond acceptors (Lipinski definition) is 4. The summed E-state index contributed by atoms with van der Waals surface area (Å²) in [6.45, 7) is 6.02. The molecule has 1 aliphatic heterocycles. The second-order valence-corrected chi connectivity index (χ2v) is 4.94. The number of para-hydroxylation sites is 1. The van der Waals surface area contributed by atoms with Gasteiger partial charge in [0.2, 0.25) is 5.89 Å². The van der Waals surface area contributed by atoms with E-state index in [1.807, 2.05) is 0 Å². The van der Waals surface area contributed by atoms with Crippen LogP contribution in [-0.2, 0) is 13.0 Å². The minimum absolute atomic E-state index is 0.391. The number of aliphatic imine (C=N–C) groups is 1. The Labute approximate surface area is 123 Å². The smallest absolute Gasteiger partial charge is 0.248 e. The predicted molar refractivity (Wildman–Crippen MR) is 81.3 cm³/mol.